The second-order valence-corrected chi connectivity index (χ2v) is 6.99. The molecule has 0 atom stereocenters. The largest absolute Gasteiger partial charge is 0.321 e. The van der Waals surface area contributed by atoms with Crippen molar-refractivity contribution in [2.45, 2.75) is 39.0 Å². The highest BCUT2D eigenvalue weighted by atomic mass is 32.1. The first kappa shape index (κ1) is 13.7. The van der Waals surface area contributed by atoms with Crippen molar-refractivity contribution >= 4 is 34.6 Å². The molecule has 4 rings (SSSR count). The van der Waals surface area contributed by atoms with Gasteiger partial charge >= 0.3 is 0 Å². The molecule has 2 aromatic rings. The number of amides is 1. The van der Waals surface area contributed by atoms with Crippen LogP contribution in [0, 0.1) is 0 Å². The number of fused-ring (bicyclic) bond motifs is 2. The van der Waals surface area contributed by atoms with E-state index in [1.165, 1.54) is 29.0 Å². The lowest BCUT2D eigenvalue weighted by atomic mass is 10.0. The van der Waals surface area contributed by atoms with Crippen LogP contribution in [0.25, 0.3) is 11.6 Å². The van der Waals surface area contributed by atoms with Crippen LogP contribution >= 0.6 is 11.3 Å². The maximum atomic E-state index is 12.3. The number of carbonyl (C=O) groups is 1. The highest BCUT2D eigenvalue weighted by molar-refractivity contribution is 7.12. The second-order valence-electron chi connectivity index (χ2n) is 5.87. The monoisotopic (exact) mass is 310 g/mol. The van der Waals surface area contributed by atoms with E-state index in [-0.39, 0.29) is 5.91 Å². The number of rotatable bonds is 2. The van der Waals surface area contributed by atoms with E-state index in [9.17, 15) is 4.79 Å². The molecule has 0 saturated carbocycles. The Morgan fingerprint density at radius 2 is 2.18 bits per heavy atom. The summed E-state index contributed by atoms with van der Waals surface area (Å²) in [6, 6.07) is 6.19. The fraction of sp³-hybridized carbons (Fsp3) is 0.333. The molecular formula is C18H18N2OS. The molecule has 0 radical (unpaired) electrons. The maximum absolute atomic E-state index is 12.3. The number of aryl methyl sites for hydroxylation is 3. The van der Waals surface area contributed by atoms with Crippen LogP contribution in [0.1, 0.15) is 46.5 Å². The van der Waals surface area contributed by atoms with E-state index in [4.69, 9.17) is 4.98 Å². The number of hydrogen-bond donors (Lipinski definition) is 1. The van der Waals surface area contributed by atoms with Gasteiger partial charge in [-0.2, -0.15) is 0 Å². The molecule has 112 valence electrons. The fourth-order valence-corrected chi connectivity index (χ4v) is 4.25. The third kappa shape index (κ3) is 2.28. The molecule has 22 heavy (non-hydrogen) atoms. The van der Waals surface area contributed by atoms with Crippen LogP contribution in [-0.2, 0) is 24.1 Å². The van der Waals surface area contributed by atoms with Gasteiger partial charge in [0.15, 0.2) is 0 Å². The van der Waals surface area contributed by atoms with Crippen LogP contribution in [0.2, 0.25) is 0 Å². The maximum Gasteiger partial charge on any atom is 0.256 e. The summed E-state index contributed by atoms with van der Waals surface area (Å²) < 4.78 is 0. The summed E-state index contributed by atoms with van der Waals surface area (Å²) in [5.74, 6) is -0.0172. The molecule has 0 fully saturated rings. The Balaban J connectivity index is 1.76. The Bertz CT molecular complexity index is 765. The second kappa shape index (κ2) is 5.36. The summed E-state index contributed by atoms with van der Waals surface area (Å²) in [7, 11) is 0. The molecule has 1 N–H and O–H groups in total. The predicted molar refractivity (Wildman–Crippen MR) is 91.1 cm³/mol. The van der Waals surface area contributed by atoms with E-state index in [2.05, 4.69) is 24.4 Å². The number of thiazole rings is 1. The van der Waals surface area contributed by atoms with Crippen molar-refractivity contribution < 1.29 is 4.79 Å². The Morgan fingerprint density at radius 1 is 1.32 bits per heavy atom. The first-order valence-corrected chi connectivity index (χ1v) is 8.71. The van der Waals surface area contributed by atoms with E-state index in [0.717, 1.165) is 41.1 Å². The molecule has 0 unspecified atom stereocenters. The van der Waals surface area contributed by atoms with Gasteiger partial charge in [0, 0.05) is 16.1 Å². The Hall–Kier alpha value is -1.94. The van der Waals surface area contributed by atoms with E-state index in [1.54, 1.807) is 11.3 Å². The predicted octanol–water partition coefficient (Wildman–Crippen LogP) is 4.08. The number of carbonyl (C=O) groups excluding carboxylic acids is 1. The number of hydrogen-bond acceptors (Lipinski definition) is 3. The number of benzene rings is 1. The van der Waals surface area contributed by atoms with E-state index >= 15 is 0 Å². The number of aromatic nitrogens is 1. The van der Waals surface area contributed by atoms with Crippen molar-refractivity contribution in [2.24, 2.45) is 0 Å². The standard InChI is InChI=1S/C18H18N2OS/c1-2-11-7-8-14-12(9-11)13(18(21)20-14)10-17-19-15-5-3-4-6-16(15)22-17/h7-10H,2-6H2,1H3,(H,20,21). The van der Waals surface area contributed by atoms with Gasteiger partial charge in [0.05, 0.1) is 11.3 Å². The highest BCUT2D eigenvalue weighted by Crippen LogP contribution is 2.35. The van der Waals surface area contributed by atoms with Gasteiger partial charge < -0.3 is 5.32 Å². The zero-order chi connectivity index (χ0) is 15.1. The molecule has 0 spiro atoms. The van der Waals surface area contributed by atoms with Gasteiger partial charge in [-0.05, 0) is 55.9 Å². The molecule has 0 bridgehead atoms. The third-order valence-corrected chi connectivity index (χ3v) is 5.51. The quantitative estimate of drug-likeness (QED) is 0.849. The van der Waals surface area contributed by atoms with Crippen molar-refractivity contribution in [3.8, 4) is 0 Å². The summed E-state index contributed by atoms with van der Waals surface area (Å²) in [6.45, 7) is 2.13. The Kier molecular flexibility index (Phi) is 3.34. The van der Waals surface area contributed by atoms with Gasteiger partial charge in [0.1, 0.15) is 5.01 Å². The van der Waals surface area contributed by atoms with E-state index in [1.807, 2.05) is 12.1 Å². The average molecular weight is 310 g/mol. The van der Waals surface area contributed by atoms with E-state index < -0.39 is 0 Å². The van der Waals surface area contributed by atoms with Crippen LogP contribution in [0.5, 0.6) is 0 Å². The summed E-state index contributed by atoms with van der Waals surface area (Å²) in [5.41, 5.74) is 5.16. The molecule has 1 aliphatic carbocycles. The normalized spacial score (nSPS) is 18.2. The number of nitrogens with one attached hydrogen (secondary N) is 1. The number of nitrogens with zero attached hydrogens (tertiary/aromatic N) is 1. The van der Waals surface area contributed by atoms with Gasteiger partial charge in [-0.15, -0.1) is 11.3 Å². The summed E-state index contributed by atoms with van der Waals surface area (Å²) in [5, 5.41) is 3.92. The van der Waals surface area contributed by atoms with Gasteiger partial charge in [-0.1, -0.05) is 13.0 Å². The van der Waals surface area contributed by atoms with Crippen LogP contribution in [0.4, 0.5) is 5.69 Å². The summed E-state index contributed by atoms with van der Waals surface area (Å²) in [4.78, 5) is 18.4. The molecule has 0 saturated heterocycles. The van der Waals surface area contributed by atoms with Gasteiger partial charge in [0.2, 0.25) is 0 Å². The summed E-state index contributed by atoms with van der Waals surface area (Å²) in [6.07, 6.45) is 7.64. The van der Waals surface area contributed by atoms with Crippen LogP contribution in [-0.4, -0.2) is 10.9 Å². The van der Waals surface area contributed by atoms with Gasteiger partial charge in [0.25, 0.3) is 5.91 Å². The van der Waals surface area contributed by atoms with Crippen LogP contribution in [0.15, 0.2) is 18.2 Å². The molecule has 1 aromatic heterocycles. The van der Waals surface area contributed by atoms with Gasteiger partial charge in [-0.25, -0.2) is 4.98 Å². The molecule has 3 nitrogen and oxygen atoms in total. The highest BCUT2D eigenvalue weighted by Gasteiger charge is 2.25. The molecule has 2 heterocycles. The Labute approximate surface area is 134 Å². The lowest BCUT2D eigenvalue weighted by Gasteiger charge is -2.06. The third-order valence-electron chi connectivity index (χ3n) is 4.41. The van der Waals surface area contributed by atoms with E-state index in [0.29, 0.717) is 0 Å². The first-order chi connectivity index (χ1) is 10.7. The van der Waals surface area contributed by atoms with Crippen molar-refractivity contribution in [2.75, 3.05) is 5.32 Å². The van der Waals surface area contributed by atoms with Crippen molar-refractivity contribution in [3.63, 3.8) is 0 Å². The Morgan fingerprint density at radius 3 is 3.00 bits per heavy atom. The molecule has 1 aliphatic heterocycles. The lowest BCUT2D eigenvalue weighted by molar-refractivity contribution is -0.110. The van der Waals surface area contributed by atoms with Crippen LogP contribution in [0.3, 0.4) is 0 Å². The zero-order valence-corrected chi connectivity index (χ0v) is 13.4. The van der Waals surface area contributed by atoms with Crippen molar-refractivity contribution in [1.82, 2.24) is 4.98 Å². The smallest absolute Gasteiger partial charge is 0.256 e. The van der Waals surface area contributed by atoms with Gasteiger partial charge in [-0.3, -0.25) is 4.79 Å². The first-order valence-electron chi connectivity index (χ1n) is 7.89. The molecule has 4 heteroatoms. The lowest BCUT2D eigenvalue weighted by Crippen LogP contribution is -2.03. The molecular weight excluding hydrogens is 292 g/mol. The minimum atomic E-state index is -0.0172. The topological polar surface area (TPSA) is 42.0 Å². The van der Waals surface area contributed by atoms with Crippen molar-refractivity contribution in [1.29, 1.82) is 0 Å². The summed E-state index contributed by atoms with van der Waals surface area (Å²) >= 11 is 1.74. The van der Waals surface area contributed by atoms with Crippen LogP contribution < -0.4 is 5.32 Å². The molecule has 1 aromatic carbocycles. The minimum absolute atomic E-state index is 0.0172. The number of anilines is 1. The molecule has 1 amide bonds. The fourth-order valence-electron chi connectivity index (χ4n) is 3.16. The van der Waals surface area contributed by atoms with Crippen molar-refractivity contribution in [3.05, 3.63) is 44.9 Å². The zero-order valence-electron chi connectivity index (χ0n) is 12.6. The minimum Gasteiger partial charge on any atom is -0.321 e. The SMILES string of the molecule is CCc1ccc2c(c1)C(=Cc1nc3c(s1)CCCC3)C(=O)N2. The average Bonchev–Trinajstić information content (AvgIpc) is 3.08. The molecule has 2 aliphatic rings.